The number of rotatable bonds is 2. The maximum atomic E-state index is 10.5. The molecule has 1 nitrogen and oxygen atoms in total. The molecule has 0 radical (unpaired) electrons. The van der Waals surface area contributed by atoms with E-state index in [1.165, 1.54) is 12.8 Å². The third-order valence-electron chi connectivity index (χ3n) is 3.30. The molecule has 1 heterocycles. The highest BCUT2D eigenvalue weighted by Crippen LogP contribution is 2.45. The van der Waals surface area contributed by atoms with E-state index in [4.69, 9.17) is 0 Å². The summed E-state index contributed by atoms with van der Waals surface area (Å²) >= 11 is 1.68. The van der Waals surface area contributed by atoms with Gasteiger partial charge in [-0.25, -0.2) is 0 Å². The van der Waals surface area contributed by atoms with Crippen LogP contribution in [-0.4, -0.2) is 5.11 Å². The molecule has 1 N–H and O–H groups in total. The second-order valence-electron chi connectivity index (χ2n) is 3.93. The average molecular weight is 196 g/mol. The van der Waals surface area contributed by atoms with Crippen molar-refractivity contribution in [3.8, 4) is 0 Å². The Kier molecular flexibility index (Phi) is 2.43. The van der Waals surface area contributed by atoms with Crippen LogP contribution >= 0.6 is 11.3 Å². The summed E-state index contributed by atoms with van der Waals surface area (Å²) in [4.78, 5) is 0. The number of hydrogen-bond donors (Lipinski definition) is 1. The highest BCUT2D eigenvalue weighted by Gasteiger charge is 2.41. The minimum atomic E-state index is -0.505. The Labute approximate surface area is 83.4 Å². The van der Waals surface area contributed by atoms with Crippen molar-refractivity contribution in [2.24, 2.45) is 5.92 Å². The maximum absolute atomic E-state index is 10.5. The molecule has 72 valence electrons. The molecule has 1 aliphatic rings. The highest BCUT2D eigenvalue weighted by molar-refractivity contribution is 7.08. The van der Waals surface area contributed by atoms with Crippen molar-refractivity contribution in [2.75, 3.05) is 0 Å². The fraction of sp³-hybridized carbons (Fsp3) is 0.636. The lowest BCUT2D eigenvalue weighted by Crippen LogP contribution is -2.29. The first kappa shape index (κ1) is 9.22. The van der Waals surface area contributed by atoms with Crippen LogP contribution in [0.1, 0.15) is 38.2 Å². The molecular formula is C11H16OS. The molecule has 0 aromatic carbocycles. The Balaban J connectivity index is 2.29. The molecule has 1 aromatic rings. The van der Waals surface area contributed by atoms with Gasteiger partial charge in [0.25, 0.3) is 0 Å². The van der Waals surface area contributed by atoms with Gasteiger partial charge in [-0.3, -0.25) is 0 Å². The zero-order chi connectivity index (χ0) is 9.31. The summed E-state index contributed by atoms with van der Waals surface area (Å²) in [6, 6.07) is 2.07. The molecule has 2 heteroatoms. The molecular weight excluding hydrogens is 180 g/mol. The van der Waals surface area contributed by atoms with Crippen molar-refractivity contribution in [1.29, 1.82) is 0 Å². The van der Waals surface area contributed by atoms with Gasteiger partial charge < -0.3 is 5.11 Å². The standard InChI is InChI=1S/C11H16OS/c1-2-9-4-3-6-11(9,12)10-5-7-13-8-10/h5,7-9,12H,2-4,6H2,1H3. The van der Waals surface area contributed by atoms with Crippen LogP contribution in [0.25, 0.3) is 0 Å². The molecule has 2 atom stereocenters. The van der Waals surface area contributed by atoms with E-state index in [1.54, 1.807) is 11.3 Å². The van der Waals surface area contributed by atoms with Crippen LogP contribution in [0.3, 0.4) is 0 Å². The molecule has 0 aliphatic heterocycles. The van der Waals surface area contributed by atoms with E-state index in [1.807, 2.05) is 0 Å². The van der Waals surface area contributed by atoms with E-state index in [0.717, 1.165) is 18.4 Å². The molecule has 0 amide bonds. The molecule has 1 fully saturated rings. The minimum absolute atomic E-state index is 0.474. The van der Waals surface area contributed by atoms with Crippen LogP contribution in [0.5, 0.6) is 0 Å². The second kappa shape index (κ2) is 3.43. The topological polar surface area (TPSA) is 20.2 Å². The molecule has 2 unspecified atom stereocenters. The SMILES string of the molecule is CCC1CCCC1(O)c1ccsc1. The largest absolute Gasteiger partial charge is 0.385 e. The van der Waals surface area contributed by atoms with Crippen LogP contribution in [0.4, 0.5) is 0 Å². The Morgan fingerprint density at radius 3 is 3.15 bits per heavy atom. The third-order valence-corrected chi connectivity index (χ3v) is 3.98. The second-order valence-corrected chi connectivity index (χ2v) is 4.71. The van der Waals surface area contributed by atoms with Gasteiger partial charge in [0.15, 0.2) is 0 Å². The third kappa shape index (κ3) is 1.42. The predicted molar refractivity (Wildman–Crippen MR) is 55.8 cm³/mol. The Morgan fingerprint density at radius 1 is 1.69 bits per heavy atom. The van der Waals surface area contributed by atoms with Gasteiger partial charge in [-0.05, 0) is 47.6 Å². The minimum Gasteiger partial charge on any atom is -0.385 e. The first-order chi connectivity index (χ1) is 6.27. The van der Waals surface area contributed by atoms with Crippen LogP contribution in [-0.2, 0) is 5.60 Å². The van der Waals surface area contributed by atoms with Crippen LogP contribution in [0.2, 0.25) is 0 Å². The molecule has 2 rings (SSSR count). The van der Waals surface area contributed by atoms with Gasteiger partial charge in [-0.1, -0.05) is 13.3 Å². The Morgan fingerprint density at radius 2 is 2.54 bits per heavy atom. The molecule has 0 bridgehead atoms. The van der Waals surface area contributed by atoms with Crippen LogP contribution < -0.4 is 0 Å². The molecule has 1 aromatic heterocycles. The molecule has 13 heavy (non-hydrogen) atoms. The van der Waals surface area contributed by atoms with Crippen molar-refractivity contribution >= 4 is 11.3 Å². The van der Waals surface area contributed by atoms with Crippen molar-refractivity contribution in [2.45, 2.75) is 38.2 Å². The summed E-state index contributed by atoms with van der Waals surface area (Å²) in [5, 5.41) is 14.7. The zero-order valence-corrected chi connectivity index (χ0v) is 8.81. The molecule has 0 saturated heterocycles. The normalized spacial score (nSPS) is 33.8. The summed E-state index contributed by atoms with van der Waals surface area (Å²) < 4.78 is 0. The summed E-state index contributed by atoms with van der Waals surface area (Å²) in [5.74, 6) is 0.474. The number of thiophene rings is 1. The summed E-state index contributed by atoms with van der Waals surface area (Å²) in [7, 11) is 0. The predicted octanol–water partition coefficient (Wildman–Crippen LogP) is 3.15. The van der Waals surface area contributed by atoms with Crippen LogP contribution in [0.15, 0.2) is 16.8 Å². The number of hydrogen-bond acceptors (Lipinski definition) is 2. The van der Waals surface area contributed by atoms with Crippen molar-refractivity contribution in [3.63, 3.8) is 0 Å². The summed E-state index contributed by atoms with van der Waals surface area (Å²) in [6.45, 7) is 2.17. The first-order valence-corrected chi connectivity index (χ1v) is 5.96. The fourth-order valence-electron chi connectivity index (χ4n) is 2.49. The lowest BCUT2D eigenvalue weighted by Gasteiger charge is -2.28. The summed E-state index contributed by atoms with van der Waals surface area (Å²) in [5.41, 5.74) is 0.635. The smallest absolute Gasteiger partial charge is 0.0932 e. The van der Waals surface area contributed by atoms with Gasteiger partial charge in [0, 0.05) is 0 Å². The van der Waals surface area contributed by atoms with E-state index in [-0.39, 0.29) is 0 Å². The average Bonchev–Trinajstić information content (AvgIpc) is 2.72. The highest BCUT2D eigenvalue weighted by atomic mass is 32.1. The van der Waals surface area contributed by atoms with E-state index in [0.29, 0.717) is 5.92 Å². The molecule has 0 spiro atoms. The lowest BCUT2D eigenvalue weighted by atomic mass is 9.84. The summed E-state index contributed by atoms with van der Waals surface area (Å²) in [6.07, 6.45) is 4.39. The van der Waals surface area contributed by atoms with E-state index in [2.05, 4.69) is 23.8 Å². The Bertz CT molecular complexity index is 268. The van der Waals surface area contributed by atoms with E-state index >= 15 is 0 Å². The lowest BCUT2D eigenvalue weighted by molar-refractivity contribution is -0.00347. The van der Waals surface area contributed by atoms with E-state index < -0.39 is 5.60 Å². The van der Waals surface area contributed by atoms with Crippen LogP contribution in [0, 0.1) is 5.92 Å². The van der Waals surface area contributed by atoms with Gasteiger partial charge in [0.05, 0.1) is 5.60 Å². The van der Waals surface area contributed by atoms with Crippen molar-refractivity contribution in [3.05, 3.63) is 22.4 Å². The quantitative estimate of drug-likeness (QED) is 0.770. The van der Waals surface area contributed by atoms with Gasteiger partial charge in [-0.15, -0.1) is 0 Å². The zero-order valence-electron chi connectivity index (χ0n) is 7.99. The van der Waals surface area contributed by atoms with Gasteiger partial charge in [0.2, 0.25) is 0 Å². The van der Waals surface area contributed by atoms with E-state index in [9.17, 15) is 5.11 Å². The molecule has 1 saturated carbocycles. The first-order valence-electron chi connectivity index (χ1n) is 5.02. The van der Waals surface area contributed by atoms with Gasteiger partial charge in [0.1, 0.15) is 0 Å². The number of aliphatic hydroxyl groups is 1. The van der Waals surface area contributed by atoms with Crippen molar-refractivity contribution in [1.82, 2.24) is 0 Å². The Hall–Kier alpha value is -0.340. The monoisotopic (exact) mass is 196 g/mol. The van der Waals surface area contributed by atoms with Gasteiger partial charge >= 0.3 is 0 Å². The van der Waals surface area contributed by atoms with Crippen molar-refractivity contribution < 1.29 is 5.11 Å². The van der Waals surface area contributed by atoms with Gasteiger partial charge in [-0.2, -0.15) is 11.3 Å². The molecule has 1 aliphatic carbocycles. The fourth-order valence-corrected chi connectivity index (χ4v) is 3.23. The maximum Gasteiger partial charge on any atom is 0.0932 e.